The number of sulfone groups is 1. The Balaban J connectivity index is 1.58. The van der Waals surface area contributed by atoms with Gasteiger partial charge in [0.2, 0.25) is 0 Å². The minimum absolute atomic E-state index is 0.149. The topological polar surface area (TPSA) is 92.9 Å². The van der Waals surface area contributed by atoms with E-state index >= 15 is 0 Å². The van der Waals surface area contributed by atoms with Crippen LogP contribution >= 0.6 is 0 Å². The Morgan fingerprint density at radius 2 is 1.32 bits per heavy atom. The van der Waals surface area contributed by atoms with Gasteiger partial charge in [0.25, 0.3) is 5.60 Å². The third-order valence-electron chi connectivity index (χ3n) is 9.43. The number of carbonyl (C=O) groups excluding carboxylic acids is 1. The molecule has 2 aliphatic heterocycles. The predicted octanol–water partition coefficient (Wildman–Crippen LogP) is 6.95. The molecule has 0 saturated carbocycles. The number of ether oxygens (including phenoxy) is 1. The van der Waals surface area contributed by atoms with Gasteiger partial charge in [0, 0.05) is 42.8 Å². The molecule has 2 saturated heterocycles. The number of hydrogen-bond acceptors (Lipinski definition) is 5. The lowest BCUT2D eigenvalue weighted by Crippen LogP contribution is -2.56. The molecule has 1 atom stereocenters. The predicted molar refractivity (Wildman–Crippen MR) is 162 cm³/mol. The molecule has 0 aliphatic carbocycles. The van der Waals surface area contributed by atoms with Crippen molar-refractivity contribution < 1.29 is 57.5 Å². The molecule has 7 nitrogen and oxygen atoms in total. The van der Waals surface area contributed by atoms with E-state index in [1.807, 2.05) is 6.92 Å². The summed E-state index contributed by atoms with van der Waals surface area (Å²) in [7, 11) is -4.60. The molecule has 2 amide bonds. The number of benzene rings is 3. The molecular weight excluding hydrogens is 705 g/mol. The first-order valence-electron chi connectivity index (χ1n) is 15.3. The number of carbonyl (C=O) groups is 1. The number of nitrogens with two attached hydrogens (primary N) is 1. The summed E-state index contributed by atoms with van der Waals surface area (Å²) in [4.78, 5) is 15.8. The van der Waals surface area contributed by atoms with Crippen molar-refractivity contribution in [1.29, 1.82) is 0 Å². The Morgan fingerprint density at radius 3 is 1.84 bits per heavy atom. The van der Waals surface area contributed by atoms with E-state index in [0.717, 1.165) is 42.5 Å². The van der Waals surface area contributed by atoms with E-state index in [-0.39, 0.29) is 31.6 Å². The fourth-order valence-electron chi connectivity index (χ4n) is 6.40. The van der Waals surface area contributed by atoms with Crippen molar-refractivity contribution in [2.45, 2.75) is 65.9 Å². The van der Waals surface area contributed by atoms with Crippen LogP contribution in [-0.4, -0.2) is 68.3 Å². The van der Waals surface area contributed by atoms with Gasteiger partial charge in [0.05, 0.1) is 11.5 Å². The van der Waals surface area contributed by atoms with Gasteiger partial charge in [-0.3, -0.25) is 0 Å². The van der Waals surface area contributed by atoms with E-state index in [2.05, 4.69) is 4.74 Å². The second-order valence-electron chi connectivity index (χ2n) is 12.8. The first kappa shape index (κ1) is 37.4. The molecule has 2 aliphatic rings. The maximum Gasteiger partial charge on any atom is 0.430 e. The summed E-state index contributed by atoms with van der Waals surface area (Å²) in [5.41, 5.74) is -2.43. The molecule has 0 radical (unpaired) electrons. The quantitative estimate of drug-likeness (QED) is 0.210. The Hall–Kier alpha value is -3.83. The largest absolute Gasteiger partial charge is 0.430 e. The first-order valence-corrected chi connectivity index (χ1v) is 16.8. The van der Waals surface area contributed by atoms with Gasteiger partial charge in [-0.2, -0.15) is 26.3 Å². The summed E-state index contributed by atoms with van der Waals surface area (Å²) >= 11 is 0. The zero-order valence-electron chi connectivity index (χ0n) is 26.4. The van der Waals surface area contributed by atoms with Crippen LogP contribution in [0.5, 0.6) is 0 Å². The van der Waals surface area contributed by atoms with Crippen molar-refractivity contribution in [2.75, 3.05) is 26.2 Å². The van der Waals surface area contributed by atoms with Gasteiger partial charge in [0.15, 0.2) is 9.84 Å². The summed E-state index contributed by atoms with van der Waals surface area (Å²) < 4.78 is 160. The first-order chi connectivity index (χ1) is 23.2. The van der Waals surface area contributed by atoms with E-state index in [0.29, 0.717) is 37.1 Å². The molecule has 0 unspecified atom stereocenters. The minimum atomic E-state index is -6.23. The van der Waals surface area contributed by atoms with Crippen molar-refractivity contribution in [2.24, 2.45) is 5.73 Å². The second-order valence-corrected chi connectivity index (χ2v) is 15.0. The fourth-order valence-corrected chi connectivity index (χ4v) is 8.48. The number of piperidine rings is 1. The molecular formula is C33H32F9N3O4S. The van der Waals surface area contributed by atoms with Crippen LogP contribution in [0.1, 0.15) is 42.9 Å². The Bertz CT molecular complexity index is 1790. The number of rotatable bonds is 7. The number of nitrogens with zero attached hydrogens (tertiary/aromatic N) is 2. The zero-order valence-corrected chi connectivity index (χ0v) is 27.2. The lowest BCUT2D eigenvalue weighted by Gasteiger charge is -2.39. The highest BCUT2D eigenvalue weighted by Crippen LogP contribution is 2.54. The van der Waals surface area contributed by atoms with Crippen LogP contribution in [-0.2, 0) is 31.5 Å². The minimum Gasteiger partial charge on any atom is -0.349 e. The van der Waals surface area contributed by atoms with Gasteiger partial charge in [-0.05, 0) is 68.1 Å². The van der Waals surface area contributed by atoms with Crippen LogP contribution < -0.4 is 5.73 Å². The Morgan fingerprint density at radius 1 is 0.800 bits per heavy atom. The summed E-state index contributed by atoms with van der Waals surface area (Å²) in [5, 5.41) is 0. The normalized spacial score (nSPS) is 20.3. The molecule has 2 N–H and O–H groups in total. The number of amides is 2. The number of alkyl halides is 6. The number of hydrogen-bond donors (Lipinski definition) is 1. The van der Waals surface area contributed by atoms with Crippen LogP contribution in [0, 0.1) is 17.5 Å². The van der Waals surface area contributed by atoms with Crippen molar-refractivity contribution >= 4 is 15.9 Å². The average molecular weight is 738 g/mol. The summed E-state index contributed by atoms with van der Waals surface area (Å²) in [6.45, 7) is -0.0913. The highest BCUT2D eigenvalue weighted by Gasteiger charge is 2.73. The van der Waals surface area contributed by atoms with Crippen molar-refractivity contribution in [3.8, 4) is 0 Å². The average Bonchev–Trinajstić information content (AvgIpc) is 3.49. The number of urea groups is 1. The molecule has 0 bridgehead atoms. The van der Waals surface area contributed by atoms with Crippen LogP contribution in [0.3, 0.4) is 0 Å². The lowest BCUT2D eigenvalue weighted by molar-refractivity contribution is -0.392. The summed E-state index contributed by atoms with van der Waals surface area (Å²) in [5.74, 6) is -3.64. The van der Waals surface area contributed by atoms with E-state index in [9.17, 15) is 52.7 Å². The van der Waals surface area contributed by atoms with Gasteiger partial charge >= 0.3 is 18.4 Å². The van der Waals surface area contributed by atoms with E-state index < -0.39 is 90.7 Å². The second kappa shape index (κ2) is 13.1. The van der Waals surface area contributed by atoms with E-state index in [4.69, 9.17) is 5.73 Å². The van der Waals surface area contributed by atoms with Gasteiger partial charge in [-0.1, -0.05) is 30.3 Å². The Labute approximate surface area is 281 Å². The van der Waals surface area contributed by atoms with E-state index in [1.54, 1.807) is 0 Å². The standard InChI is InChI=1S/C33H32F9N3O4S/c1-29(43)13-16-44(17-14-29)28(46)45-18-15-30(20-45,50(47,48)24-11-9-23(34)10-12-24)21-5-7-22(8-6-21)31(32(37,38)39,33(40,41)42)49-19-25-26(35)3-2-4-27(25)36/h2-12H,13-20,43H2,1H3/t30-/m0/s1. The summed E-state index contributed by atoms with van der Waals surface area (Å²) in [6, 6.07) is 7.55. The Kier molecular flexibility index (Phi) is 9.77. The van der Waals surface area contributed by atoms with Crippen molar-refractivity contribution in [3.63, 3.8) is 0 Å². The number of halogens is 9. The van der Waals surface area contributed by atoms with Crippen LogP contribution in [0.4, 0.5) is 44.3 Å². The molecule has 5 rings (SSSR count). The van der Waals surface area contributed by atoms with Gasteiger partial charge < -0.3 is 20.3 Å². The smallest absolute Gasteiger partial charge is 0.349 e. The monoisotopic (exact) mass is 737 g/mol. The molecule has 0 spiro atoms. The molecule has 50 heavy (non-hydrogen) atoms. The molecule has 272 valence electrons. The van der Waals surface area contributed by atoms with Gasteiger partial charge in [0.1, 0.15) is 22.2 Å². The molecule has 3 aromatic carbocycles. The summed E-state index contributed by atoms with van der Waals surface area (Å²) in [6.07, 6.45) is -11.8. The van der Waals surface area contributed by atoms with Crippen molar-refractivity contribution in [1.82, 2.24) is 9.80 Å². The van der Waals surface area contributed by atoms with Gasteiger partial charge in [-0.15, -0.1) is 0 Å². The maximum absolute atomic E-state index is 14.5. The maximum atomic E-state index is 14.5. The third-order valence-corrected chi connectivity index (χ3v) is 11.9. The van der Waals surface area contributed by atoms with Crippen LogP contribution in [0.25, 0.3) is 0 Å². The highest BCUT2D eigenvalue weighted by molar-refractivity contribution is 7.92. The van der Waals surface area contributed by atoms with Crippen molar-refractivity contribution in [3.05, 3.63) is 101 Å². The molecule has 2 heterocycles. The molecule has 2 fully saturated rings. The SMILES string of the molecule is CC1(N)CCN(C(=O)N2CC[C@](c3ccc(C(OCc4c(F)cccc4F)(C(F)(F)F)C(F)(F)F)cc3)(S(=O)(=O)c3ccc(F)cc3)C2)CC1. The third kappa shape index (κ3) is 6.54. The number of likely N-dealkylation sites (tertiary alicyclic amines) is 2. The van der Waals surface area contributed by atoms with E-state index in [1.165, 1.54) is 9.80 Å². The zero-order chi connectivity index (χ0) is 36.9. The molecule has 3 aromatic rings. The van der Waals surface area contributed by atoms with Crippen LogP contribution in [0.15, 0.2) is 71.6 Å². The van der Waals surface area contributed by atoms with Crippen LogP contribution in [0.2, 0.25) is 0 Å². The lowest BCUT2D eigenvalue weighted by atomic mass is 9.88. The fraction of sp³-hybridized carbons (Fsp3) is 0.424. The molecule has 0 aromatic heterocycles. The highest BCUT2D eigenvalue weighted by atomic mass is 32.2. The van der Waals surface area contributed by atoms with Gasteiger partial charge in [-0.25, -0.2) is 26.4 Å². The molecule has 17 heteroatoms.